The molecular formula is C41H30O10. The Morgan fingerprint density at radius 2 is 0.745 bits per heavy atom. The van der Waals surface area contributed by atoms with E-state index in [1.54, 1.807) is 36.4 Å². The zero-order valence-corrected chi connectivity index (χ0v) is 27.1. The molecule has 6 aromatic rings. The van der Waals surface area contributed by atoms with Gasteiger partial charge in [-0.1, -0.05) is 24.3 Å². The number of rotatable bonds is 12. The molecule has 0 N–H and O–H groups in total. The van der Waals surface area contributed by atoms with E-state index < -0.39 is 17.9 Å². The van der Waals surface area contributed by atoms with Crippen molar-refractivity contribution in [3.05, 3.63) is 138 Å². The summed E-state index contributed by atoms with van der Waals surface area (Å²) in [4.78, 5) is 38.5. The SMILES string of the molecule is O=C(Oc1ccc(OC(=O)c2ccc3cc(OCC4CO4)ccc3c2)cc1)c1ccc(OC(=O)c2ccc3cc(OCC4CO4)ccc3c2)cc1. The van der Waals surface area contributed by atoms with Gasteiger partial charge < -0.3 is 33.2 Å². The van der Waals surface area contributed by atoms with Crippen molar-refractivity contribution < 1.29 is 47.5 Å². The highest BCUT2D eigenvalue weighted by molar-refractivity contribution is 5.98. The molecule has 0 saturated carbocycles. The van der Waals surface area contributed by atoms with Gasteiger partial charge in [-0.05, 0) is 119 Å². The fourth-order valence-corrected chi connectivity index (χ4v) is 5.32. The fourth-order valence-electron chi connectivity index (χ4n) is 5.32. The van der Waals surface area contributed by atoms with Gasteiger partial charge in [0.2, 0.25) is 0 Å². The minimum atomic E-state index is -0.606. The number of carbonyl (C=O) groups excluding carboxylic acids is 3. The summed E-state index contributed by atoms with van der Waals surface area (Å²) in [6, 6.07) is 34.1. The van der Waals surface area contributed by atoms with Crippen LogP contribution in [-0.2, 0) is 9.47 Å². The molecule has 10 heteroatoms. The van der Waals surface area contributed by atoms with E-state index >= 15 is 0 Å². The second-order valence-corrected chi connectivity index (χ2v) is 12.1. The largest absolute Gasteiger partial charge is 0.491 e. The highest BCUT2D eigenvalue weighted by Gasteiger charge is 2.24. The number of ether oxygens (including phenoxy) is 7. The first-order valence-corrected chi connectivity index (χ1v) is 16.3. The lowest BCUT2D eigenvalue weighted by atomic mass is 10.1. The van der Waals surface area contributed by atoms with Crippen LogP contribution in [0.5, 0.6) is 28.7 Å². The van der Waals surface area contributed by atoms with Crippen molar-refractivity contribution in [2.24, 2.45) is 0 Å². The second kappa shape index (κ2) is 13.9. The van der Waals surface area contributed by atoms with E-state index in [4.69, 9.17) is 33.2 Å². The molecule has 8 rings (SSSR count). The van der Waals surface area contributed by atoms with Crippen LogP contribution in [0.15, 0.2) is 121 Å². The van der Waals surface area contributed by atoms with Crippen molar-refractivity contribution in [2.45, 2.75) is 12.2 Å². The van der Waals surface area contributed by atoms with E-state index in [0.29, 0.717) is 30.1 Å². The zero-order valence-electron chi connectivity index (χ0n) is 27.1. The summed E-state index contributed by atoms with van der Waals surface area (Å²) in [6.45, 7) is 2.49. The Hall–Kier alpha value is -6.23. The van der Waals surface area contributed by atoms with Crippen molar-refractivity contribution in [1.82, 2.24) is 0 Å². The number of hydrogen-bond donors (Lipinski definition) is 0. The van der Waals surface area contributed by atoms with Gasteiger partial charge in [0.15, 0.2) is 0 Å². The summed E-state index contributed by atoms with van der Waals surface area (Å²) in [7, 11) is 0. The first-order valence-electron chi connectivity index (χ1n) is 16.3. The number of fused-ring (bicyclic) bond motifs is 2. The molecule has 0 radical (unpaired) electrons. The molecule has 51 heavy (non-hydrogen) atoms. The maximum atomic E-state index is 12.9. The third-order valence-corrected chi connectivity index (χ3v) is 8.32. The topological polar surface area (TPSA) is 122 Å². The van der Waals surface area contributed by atoms with Gasteiger partial charge >= 0.3 is 17.9 Å². The lowest BCUT2D eigenvalue weighted by molar-refractivity contribution is 0.0718. The molecule has 10 nitrogen and oxygen atoms in total. The average molecular weight is 683 g/mol. The van der Waals surface area contributed by atoms with Crippen LogP contribution in [0.4, 0.5) is 0 Å². The van der Waals surface area contributed by atoms with Gasteiger partial charge in [-0.25, -0.2) is 14.4 Å². The number of benzene rings is 6. The summed E-state index contributed by atoms with van der Waals surface area (Å²) >= 11 is 0. The Kier molecular flexibility index (Phi) is 8.75. The third-order valence-electron chi connectivity index (χ3n) is 8.32. The van der Waals surface area contributed by atoms with Crippen LogP contribution in [0.2, 0.25) is 0 Å². The van der Waals surface area contributed by atoms with Crippen molar-refractivity contribution in [3.63, 3.8) is 0 Å². The third kappa shape index (κ3) is 7.99. The fraction of sp³-hybridized carbons (Fsp3) is 0.146. The van der Waals surface area contributed by atoms with Gasteiger partial charge in [-0.15, -0.1) is 0 Å². The Bertz CT molecular complexity index is 2250. The number of carbonyl (C=O) groups is 3. The van der Waals surface area contributed by atoms with Crippen LogP contribution in [0.1, 0.15) is 31.1 Å². The van der Waals surface area contributed by atoms with Crippen molar-refractivity contribution in [1.29, 1.82) is 0 Å². The Morgan fingerprint density at radius 3 is 1.16 bits per heavy atom. The standard InChI is InChI=1S/C41H30O10/c42-39(25-5-9-32(10-6-25)50-40(43)30-3-1-28-19-35(11-7-26(28)17-30)45-21-37-23-47-37)49-33-13-15-34(16-14-33)51-41(44)31-4-2-29-20-36(12-8-27(29)18-31)46-22-38-24-48-38/h1-20,37-38H,21-24H2. The molecule has 2 aliphatic heterocycles. The first-order chi connectivity index (χ1) is 24.9. The monoisotopic (exact) mass is 682 g/mol. The molecule has 0 spiro atoms. The van der Waals surface area contributed by atoms with E-state index in [1.807, 2.05) is 48.5 Å². The molecule has 2 saturated heterocycles. The molecular weight excluding hydrogens is 652 g/mol. The predicted octanol–water partition coefficient (Wildman–Crippen LogP) is 7.21. The number of hydrogen-bond acceptors (Lipinski definition) is 10. The Labute approximate surface area is 292 Å². The molecule has 2 fully saturated rings. The Balaban J connectivity index is 0.831. The molecule has 2 unspecified atom stereocenters. The highest BCUT2D eigenvalue weighted by atomic mass is 16.6. The lowest BCUT2D eigenvalue weighted by Gasteiger charge is -2.09. The lowest BCUT2D eigenvalue weighted by Crippen LogP contribution is -2.10. The van der Waals surface area contributed by atoms with Gasteiger partial charge in [0.05, 0.1) is 29.9 Å². The molecule has 0 aliphatic carbocycles. The summed E-state index contributed by atoms with van der Waals surface area (Å²) in [5.41, 5.74) is 1.04. The molecule has 6 aromatic carbocycles. The molecule has 0 aromatic heterocycles. The maximum Gasteiger partial charge on any atom is 0.343 e. The average Bonchev–Trinajstić information content (AvgIpc) is 4.10. The molecule has 0 bridgehead atoms. The van der Waals surface area contributed by atoms with E-state index in [9.17, 15) is 14.4 Å². The summed E-state index contributed by atoms with van der Waals surface area (Å²) in [5, 5.41) is 3.61. The summed E-state index contributed by atoms with van der Waals surface area (Å²) < 4.78 is 38.4. The van der Waals surface area contributed by atoms with Crippen LogP contribution in [0.25, 0.3) is 21.5 Å². The van der Waals surface area contributed by atoms with Crippen LogP contribution >= 0.6 is 0 Å². The maximum absolute atomic E-state index is 12.9. The minimum absolute atomic E-state index is 0.169. The van der Waals surface area contributed by atoms with Gasteiger partial charge in [-0.3, -0.25) is 0 Å². The highest BCUT2D eigenvalue weighted by Crippen LogP contribution is 2.27. The molecule has 2 atom stereocenters. The van der Waals surface area contributed by atoms with E-state index in [2.05, 4.69) is 0 Å². The first kappa shape index (κ1) is 32.0. The normalized spacial score (nSPS) is 15.9. The van der Waals surface area contributed by atoms with Crippen LogP contribution in [0, 0.1) is 0 Å². The van der Waals surface area contributed by atoms with E-state index in [-0.39, 0.29) is 29.3 Å². The van der Waals surface area contributed by atoms with E-state index in [1.165, 1.54) is 36.4 Å². The van der Waals surface area contributed by atoms with Crippen molar-refractivity contribution >= 4 is 39.5 Å². The van der Waals surface area contributed by atoms with Crippen LogP contribution < -0.4 is 23.7 Å². The summed E-state index contributed by atoms with van der Waals surface area (Å²) in [6.07, 6.45) is 0.340. The predicted molar refractivity (Wildman–Crippen MR) is 186 cm³/mol. The minimum Gasteiger partial charge on any atom is -0.491 e. The van der Waals surface area contributed by atoms with Gasteiger partial charge in [0, 0.05) is 0 Å². The van der Waals surface area contributed by atoms with Crippen molar-refractivity contribution in [3.8, 4) is 28.7 Å². The zero-order chi connectivity index (χ0) is 34.7. The quantitative estimate of drug-likeness (QED) is 0.0744. The van der Waals surface area contributed by atoms with E-state index in [0.717, 1.165) is 46.3 Å². The van der Waals surface area contributed by atoms with Crippen molar-refractivity contribution in [2.75, 3.05) is 26.4 Å². The van der Waals surface area contributed by atoms with Gasteiger partial charge in [0.25, 0.3) is 0 Å². The summed E-state index contributed by atoms with van der Waals surface area (Å²) in [5.74, 6) is 0.660. The van der Waals surface area contributed by atoms with Crippen LogP contribution in [0.3, 0.4) is 0 Å². The smallest absolute Gasteiger partial charge is 0.343 e. The number of esters is 3. The molecule has 0 amide bonds. The molecule has 2 aliphatic rings. The van der Waals surface area contributed by atoms with Crippen LogP contribution in [-0.4, -0.2) is 56.5 Å². The van der Waals surface area contributed by atoms with Gasteiger partial charge in [0.1, 0.15) is 54.2 Å². The second-order valence-electron chi connectivity index (χ2n) is 12.1. The van der Waals surface area contributed by atoms with Gasteiger partial charge in [-0.2, -0.15) is 0 Å². The number of epoxide rings is 2. The molecule has 254 valence electrons. The Morgan fingerprint density at radius 1 is 0.431 bits per heavy atom. The molecule has 2 heterocycles.